The third-order valence-corrected chi connectivity index (χ3v) is 2.94. The molecule has 1 aromatic carbocycles. The van der Waals surface area contributed by atoms with E-state index >= 15 is 0 Å². The van der Waals surface area contributed by atoms with Crippen molar-refractivity contribution >= 4 is 17.2 Å². The number of ether oxygens (including phenoxy) is 1. The molecule has 1 aromatic rings. The zero-order valence-electron chi connectivity index (χ0n) is 10.7. The average molecular weight is 251 g/mol. The molecule has 17 heavy (non-hydrogen) atoms. The molecule has 0 saturated carbocycles. The summed E-state index contributed by atoms with van der Waals surface area (Å²) in [6.07, 6.45) is 3.91. The van der Waals surface area contributed by atoms with Crippen LogP contribution in [0.4, 0.5) is 0 Å². The van der Waals surface area contributed by atoms with Crippen LogP contribution < -0.4 is 10.5 Å². The number of benzene rings is 1. The fourth-order valence-electron chi connectivity index (χ4n) is 1.88. The first-order chi connectivity index (χ1) is 8.17. The molecule has 2 nitrogen and oxygen atoms in total. The monoisotopic (exact) mass is 251 g/mol. The second-order valence-electron chi connectivity index (χ2n) is 4.04. The van der Waals surface area contributed by atoms with Gasteiger partial charge < -0.3 is 10.5 Å². The summed E-state index contributed by atoms with van der Waals surface area (Å²) in [5, 5.41) is 0. The van der Waals surface area contributed by atoms with Crippen molar-refractivity contribution in [3.8, 4) is 5.75 Å². The number of hydrogen-bond acceptors (Lipinski definition) is 2. The van der Waals surface area contributed by atoms with Gasteiger partial charge in [-0.15, -0.1) is 0 Å². The Labute approximate surface area is 109 Å². The molecule has 0 unspecified atom stereocenters. The Morgan fingerprint density at radius 1 is 1.29 bits per heavy atom. The summed E-state index contributed by atoms with van der Waals surface area (Å²) in [4.78, 5) is 0.606. The van der Waals surface area contributed by atoms with Gasteiger partial charge in [0.05, 0.1) is 11.6 Å². The lowest BCUT2D eigenvalue weighted by atomic mass is 10.00. The fraction of sp³-hybridized carbons (Fsp3) is 0.500. The average Bonchev–Trinajstić information content (AvgIpc) is 2.30. The first-order valence-electron chi connectivity index (χ1n) is 6.20. The molecule has 0 heterocycles. The standard InChI is InChI=1S/C14H21NOS/c1-3-11-10-13(16-4-2)9-8-12(11)6-5-7-14(15)17/h8-10H,3-7H2,1-2H3,(H2,15,17). The van der Waals surface area contributed by atoms with Crippen molar-refractivity contribution < 1.29 is 4.74 Å². The highest BCUT2D eigenvalue weighted by Crippen LogP contribution is 2.20. The summed E-state index contributed by atoms with van der Waals surface area (Å²) >= 11 is 4.89. The maximum absolute atomic E-state index is 5.51. The van der Waals surface area contributed by atoms with Crippen LogP contribution in [0.3, 0.4) is 0 Å². The van der Waals surface area contributed by atoms with Gasteiger partial charge in [-0.3, -0.25) is 0 Å². The van der Waals surface area contributed by atoms with Crippen molar-refractivity contribution in [2.75, 3.05) is 6.61 Å². The van der Waals surface area contributed by atoms with Gasteiger partial charge in [0.25, 0.3) is 0 Å². The Hall–Kier alpha value is -1.09. The van der Waals surface area contributed by atoms with E-state index in [2.05, 4.69) is 19.1 Å². The van der Waals surface area contributed by atoms with Crippen LogP contribution in [0.25, 0.3) is 0 Å². The molecule has 2 N–H and O–H groups in total. The van der Waals surface area contributed by atoms with E-state index in [0.717, 1.165) is 31.4 Å². The van der Waals surface area contributed by atoms with E-state index in [4.69, 9.17) is 22.7 Å². The summed E-state index contributed by atoms with van der Waals surface area (Å²) in [5.74, 6) is 0.961. The van der Waals surface area contributed by atoms with Crippen LogP contribution in [0.1, 0.15) is 37.8 Å². The first kappa shape index (κ1) is 14.0. The van der Waals surface area contributed by atoms with E-state index in [-0.39, 0.29) is 0 Å². The lowest BCUT2D eigenvalue weighted by Crippen LogP contribution is -2.07. The van der Waals surface area contributed by atoms with Gasteiger partial charge in [-0.1, -0.05) is 25.2 Å². The number of thiocarbonyl (C=S) groups is 1. The van der Waals surface area contributed by atoms with Gasteiger partial charge in [0, 0.05) is 0 Å². The molecular weight excluding hydrogens is 230 g/mol. The molecule has 3 heteroatoms. The predicted molar refractivity (Wildman–Crippen MR) is 76.7 cm³/mol. The van der Waals surface area contributed by atoms with E-state index in [1.807, 2.05) is 13.0 Å². The predicted octanol–water partition coefficient (Wildman–Crippen LogP) is 3.26. The van der Waals surface area contributed by atoms with Crippen LogP contribution >= 0.6 is 12.2 Å². The lowest BCUT2D eigenvalue weighted by Gasteiger charge is -2.10. The second kappa shape index (κ2) is 7.28. The smallest absolute Gasteiger partial charge is 0.119 e. The summed E-state index contributed by atoms with van der Waals surface area (Å²) in [5.41, 5.74) is 8.24. The van der Waals surface area contributed by atoms with Crippen molar-refractivity contribution in [1.29, 1.82) is 0 Å². The SMILES string of the molecule is CCOc1ccc(CCCC(N)=S)c(CC)c1. The van der Waals surface area contributed by atoms with Crippen LogP contribution in [-0.2, 0) is 12.8 Å². The number of aryl methyl sites for hydroxylation is 2. The van der Waals surface area contributed by atoms with E-state index in [1.54, 1.807) is 0 Å². The van der Waals surface area contributed by atoms with Crippen LogP contribution in [0.5, 0.6) is 5.75 Å². The van der Waals surface area contributed by atoms with Crippen molar-refractivity contribution in [3.63, 3.8) is 0 Å². The molecule has 0 fully saturated rings. The minimum atomic E-state index is 0.606. The Balaban J connectivity index is 2.67. The zero-order chi connectivity index (χ0) is 12.7. The minimum absolute atomic E-state index is 0.606. The van der Waals surface area contributed by atoms with Crippen molar-refractivity contribution in [3.05, 3.63) is 29.3 Å². The van der Waals surface area contributed by atoms with Crippen molar-refractivity contribution in [1.82, 2.24) is 0 Å². The maximum atomic E-state index is 5.51. The highest BCUT2D eigenvalue weighted by molar-refractivity contribution is 7.80. The normalized spacial score (nSPS) is 10.2. The van der Waals surface area contributed by atoms with Gasteiger partial charge >= 0.3 is 0 Å². The van der Waals surface area contributed by atoms with Crippen molar-refractivity contribution in [2.24, 2.45) is 5.73 Å². The fourth-order valence-corrected chi connectivity index (χ4v) is 2.03. The Morgan fingerprint density at radius 2 is 2.06 bits per heavy atom. The van der Waals surface area contributed by atoms with Gasteiger partial charge in [0.2, 0.25) is 0 Å². The third-order valence-electron chi connectivity index (χ3n) is 2.74. The molecule has 0 amide bonds. The third kappa shape index (κ3) is 4.73. The molecule has 0 aliphatic rings. The topological polar surface area (TPSA) is 35.2 Å². The molecule has 0 radical (unpaired) electrons. The van der Waals surface area contributed by atoms with E-state index in [9.17, 15) is 0 Å². The summed E-state index contributed by atoms with van der Waals surface area (Å²) in [6.45, 7) is 4.88. The molecule has 0 aromatic heterocycles. The highest BCUT2D eigenvalue weighted by Gasteiger charge is 2.03. The Morgan fingerprint density at radius 3 is 2.65 bits per heavy atom. The Bertz CT molecular complexity index is 376. The van der Waals surface area contributed by atoms with Crippen LogP contribution in [0.2, 0.25) is 0 Å². The van der Waals surface area contributed by atoms with E-state index < -0.39 is 0 Å². The molecule has 0 bridgehead atoms. The molecule has 0 spiro atoms. The van der Waals surface area contributed by atoms with E-state index in [1.165, 1.54) is 11.1 Å². The molecule has 94 valence electrons. The molecular formula is C14H21NOS. The molecule has 0 aliphatic carbocycles. The molecule has 0 atom stereocenters. The largest absolute Gasteiger partial charge is 0.494 e. The van der Waals surface area contributed by atoms with E-state index in [0.29, 0.717) is 11.6 Å². The summed E-state index contributed by atoms with van der Waals surface area (Å²) < 4.78 is 5.51. The quantitative estimate of drug-likeness (QED) is 0.755. The zero-order valence-corrected chi connectivity index (χ0v) is 11.5. The number of rotatable bonds is 7. The van der Waals surface area contributed by atoms with Crippen LogP contribution in [0.15, 0.2) is 18.2 Å². The van der Waals surface area contributed by atoms with Gasteiger partial charge in [-0.05, 0) is 55.9 Å². The highest BCUT2D eigenvalue weighted by atomic mass is 32.1. The minimum Gasteiger partial charge on any atom is -0.494 e. The Kier molecular flexibility index (Phi) is 5.98. The lowest BCUT2D eigenvalue weighted by molar-refractivity contribution is 0.340. The number of nitrogens with two attached hydrogens (primary N) is 1. The first-order valence-corrected chi connectivity index (χ1v) is 6.61. The van der Waals surface area contributed by atoms with Gasteiger partial charge in [-0.25, -0.2) is 0 Å². The molecule has 0 aliphatic heterocycles. The summed E-state index contributed by atoms with van der Waals surface area (Å²) in [6, 6.07) is 6.34. The maximum Gasteiger partial charge on any atom is 0.119 e. The second-order valence-corrected chi connectivity index (χ2v) is 4.56. The van der Waals surface area contributed by atoms with Crippen LogP contribution in [0, 0.1) is 0 Å². The molecule has 0 saturated heterocycles. The van der Waals surface area contributed by atoms with Crippen LogP contribution in [-0.4, -0.2) is 11.6 Å². The van der Waals surface area contributed by atoms with Gasteiger partial charge in [0.15, 0.2) is 0 Å². The molecule has 1 rings (SSSR count). The van der Waals surface area contributed by atoms with Gasteiger partial charge in [-0.2, -0.15) is 0 Å². The van der Waals surface area contributed by atoms with Crippen molar-refractivity contribution in [2.45, 2.75) is 39.5 Å². The summed E-state index contributed by atoms with van der Waals surface area (Å²) in [7, 11) is 0. The number of hydrogen-bond donors (Lipinski definition) is 1. The van der Waals surface area contributed by atoms with Gasteiger partial charge in [0.1, 0.15) is 5.75 Å².